The van der Waals surface area contributed by atoms with E-state index in [2.05, 4.69) is 28.2 Å². The highest BCUT2D eigenvalue weighted by molar-refractivity contribution is 9.09. The molecule has 4 heteroatoms. The van der Waals surface area contributed by atoms with Crippen LogP contribution in [0.15, 0.2) is 0 Å². The zero-order valence-electron chi connectivity index (χ0n) is 10.2. The highest BCUT2D eigenvalue weighted by Gasteiger charge is 2.39. The molecule has 0 bridgehead atoms. The van der Waals surface area contributed by atoms with E-state index < -0.39 is 0 Å². The lowest BCUT2D eigenvalue weighted by atomic mass is 9.82. The fourth-order valence-electron chi connectivity index (χ4n) is 2.42. The molecule has 1 N–H and O–H groups in total. The molecule has 16 heavy (non-hydrogen) atoms. The second-order valence-corrected chi connectivity index (χ2v) is 5.90. The first-order valence-corrected chi connectivity index (χ1v) is 6.97. The van der Waals surface area contributed by atoms with Gasteiger partial charge in [0.05, 0.1) is 11.4 Å². The van der Waals surface area contributed by atoms with Crippen molar-refractivity contribution in [3.05, 3.63) is 0 Å². The third-order valence-corrected chi connectivity index (χ3v) is 4.14. The van der Waals surface area contributed by atoms with E-state index in [0.717, 1.165) is 19.3 Å². The van der Waals surface area contributed by atoms with Crippen LogP contribution in [-0.4, -0.2) is 31.0 Å². The summed E-state index contributed by atoms with van der Waals surface area (Å²) in [4.78, 5) is 12.3. The Hall–Kier alpha value is -0.0900. The van der Waals surface area contributed by atoms with Gasteiger partial charge in [-0.25, -0.2) is 0 Å². The summed E-state index contributed by atoms with van der Waals surface area (Å²) in [6.45, 7) is 3.39. The number of halogens is 1. The summed E-state index contributed by atoms with van der Waals surface area (Å²) in [6, 6.07) is 0. The van der Waals surface area contributed by atoms with Crippen molar-refractivity contribution >= 4 is 21.8 Å². The van der Waals surface area contributed by atoms with Crippen LogP contribution in [0.4, 0.5) is 0 Å². The van der Waals surface area contributed by atoms with Gasteiger partial charge in [0.1, 0.15) is 0 Å². The first-order chi connectivity index (χ1) is 7.64. The topological polar surface area (TPSA) is 38.3 Å². The van der Waals surface area contributed by atoms with Crippen molar-refractivity contribution in [2.45, 2.75) is 43.9 Å². The van der Waals surface area contributed by atoms with Crippen LogP contribution in [0.5, 0.6) is 0 Å². The van der Waals surface area contributed by atoms with Gasteiger partial charge < -0.3 is 10.1 Å². The van der Waals surface area contributed by atoms with Gasteiger partial charge >= 0.3 is 0 Å². The lowest BCUT2D eigenvalue weighted by Crippen LogP contribution is -2.41. The molecule has 0 heterocycles. The minimum atomic E-state index is -0.0835. The fraction of sp³-hybridized carbons (Fsp3) is 0.917. The number of alkyl halides is 1. The average molecular weight is 292 g/mol. The zero-order valence-corrected chi connectivity index (χ0v) is 11.8. The van der Waals surface area contributed by atoms with Crippen molar-refractivity contribution < 1.29 is 9.53 Å². The van der Waals surface area contributed by atoms with Crippen LogP contribution in [0, 0.1) is 5.41 Å². The van der Waals surface area contributed by atoms with Crippen LogP contribution in [0.2, 0.25) is 0 Å². The van der Waals surface area contributed by atoms with Crippen LogP contribution < -0.4 is 5.32 Å². The number of carbonyl (C=O) groups excluding carboxylic acids is 1. The summed E-state index contributed by atoms with van der Waals surface area (Å²) in [7, 11) is 1.67. The Kier molecular flexibility index (Phi) is 5.76. The minimum Gasteiger partial charge on any atom is -0.383 e. The maximum absolute atomic E-state index is 12.1. The van der Waals surface area contributed by atoms with E-state index in [-0.39, 0.29) is 16.1 Å². The SMILES string of the molecule is CCC1(C(=O)NCC(Br)COC)CCCC1. The molecule has 0 saturated heterocycles. The van der Waals surface area contributed by atoms with Crippen molar-refractivity contribution in [3.63, 3.8) is 0 Å². The molecule has 1 aliphatic rings. The lowest BCUT2D eigenvalue weighted by Gasteiger charge is -2.26. The molecule has 0 aromatic rings. The molecule has 0 aromatic heterocycles. The smallest absolute Gasteiger partial charge is 0.226 e. The van der Waals surface area contributed by atoms with Gasteiger partial charge in [0.25, 0.3) is 0 Å². The summed E-state index contributed by atoms with van der Waals surface area (Å²) < 4.78 is 5.01. The highest BCUT2D eigenvalue weighted by Crippen LogP contribution is 2.41. The number of hydrogen-bond donors (Lipinski definition) is 1. The Morgan fingerprint density at radius 2 is 2.12 bits per heavy atom. The van der Waals surface area contributed by atoms with Gasteiger partial charge in [-0.05, 0) is 19.3 Å². The summed E-state index contributed by atoms with van der Waals surface area (Å²) in [5, 5.41) is 3.04. The van der Waals surface area contributed by atoms with E-state index in [1.54, 1.807) is 7.11 Å². The quantitative estimate of drug-likeness (QED) is 0.764. The molecular weight excluding hydrogens is 270 g/mol. The molecule has 1 saturated carbocycles. The Morgan fingerprint density at radius 1 is 1.50 bits per heavy atom. The Labute approximate surface area is 106 Å². The number of ether oxygens (including phenoxy) is 1. The summed E-state index contributed by atoms with van der Waals surface area (Å²) in [5.41, 5.74) is -0.0835. The maximum atomic E-state index is 12.1. The van der Waals surface area contributed by atoms with Gasteiger partial charge in [0, 0.05) is 19.1 Å². The first-order valence-electron chi connectivity index (χ1n) is 6.06. The van der Waals surface area contributed by atoms with Crippen molar-refractivity contribution in [1.29, 1.82) is 0 Å². The molecule has 3 nitrogen and oxygen atoms in total. The predicted molar refractivity (Wildman–Crippen MR) is 68.8 cm³/mol. The molecule has 0 spiro atoms. The standard InChI is InChI=1S/C12H22BrNO2/c1-3-12(6-4-5-7-12)11(15)14-8-10(13)9-16-2/h10H,3-9H2,1-2H3,(H,14,15). The largest absolute Gasteiger partial charge is 0.383 e. The van der Waals surface area contributed by atoms with Gasteiger partial charge in [-0.1, -0.05) is 35.7 Å². The minimum absolute atomic E-state index is 0.0835. The normalized spacial score (nSPS) is 20.7. The summed E-state index contributed by atoms with van der Waals surface area (Å²) in [5.74, 6) is 0.230. The second-order valence-electron chi connectivity index (χ2n) is 4.60. The van der Waals surface area contributed by atoms with E-state index in [9.17, 15) is 4.79 Å². The summed E-state index contributed by atoms with van der Waals surface area (Å²) >= 11 is 3.47. The average Bonchev–Trinajstić information content (AvgIpc) is 2.76. The molecule has 1 fully saturated rings. The lowest BCUT2D eigenvalue weighted by molar-refractivity contribution is -0.131. The molecule has 1 atom stereocenters. The number of hydrogen-bond acceptors (Lipinski definition) is 2. The van der Waals surface area contributed by atoms with Crippen LogP contribution in [0.1, 0.15) is 39.0 Å². The van der Waals surface area contributed by atoms with Crippen molar-refractivity contribution in [1.82, 2.24) is 5.32 Å². The molecule has 0 aliphatic heterocycles. The van der Waals surface area contributed by atoms with Gasteiger partial charge in [-0.15, -0.1) is 0 Å². The fourth-order valence-corrected chi connectivity index (χ4v) is 2.85. The molecule has 1 unspecified atom stereocenters. The van der Waals surface area contributed by atoms with Crippen molar-refractivity contribution in [2.24, 2.45) is 5.41 Å². The number of rotatable bonds is 6. The monoisotopic (exact) mass is 291 g/mol. The van der Waals surface area contributed by atoms with E-state index in [4.69, 9.17) is 4.74 Å². The Bertz CT molecular complexity index is 227. The van der Waals surface area contributed by atoms with Gasteiger partial charge in [0.15, 0.2) is 0 Å². The number of amides is 1. The first kappa shape index (κ1) is 14.0. The van der Waals surface area contributed by atoms with Gasteiger partial charge in [0.2, 0.25) is 5.91 Å². The summed E-state index contributed by atoms with van der Waals surface area (Å²) in [6.07, 6.45) is 5.43. The molecule has 1 amide bonds. The molecule has 1 rings (SSSR count). The predicted octanol–water partition coefficient (Wildman–Crippen LogP) is 2.48. The number of nitrogens with one attached hydrogen (secondary N) is 1. The molecule has 0 radical (unpaired) electrons. The van der Waals surface area contributed by atoms with E-state index >= 15 is 0 Å². The van der Waals surface area contributed by atoms with E-state index in [1.807, 2.05) is 0 Å². The zero-order chi connectivity index (χ0) is 12.0. The molecule has 0 aromatic carbocycles. The molecule has 94 valence electrons. The highest BCUT2D eigenvalue weighted by atomic mass is 79.9. The Morgan fingerprint density at radius 3 is 2.62 bits per heavy atom. The van der Waals surface area contributed by atoms with Crippen LogP contribution in [0.3, 0.4) is 0 Å². The third kappa shape index (κ3) is 3.45. The van der Waals surface area contributed by atoms with Crippen molar-refractivity contribution in [2.75, 3.05) is 20.3 Å². The van der Waals surface area contributed by atoms with Gasteiger partial charge in [-0.3, -0.25) is 4.79 Å². The maximum Gasteiger partial charge on any atom is 0.226 e. The second kappa shape index (κ2) is 6.60. The van der Waals surface area contributed by atoms with E-state index in [1.165, 1.54) is 12.8 Å². The molecule has 1 aliphatic carbocycles. The van der Waals surface area contributed by atoms with Crippen molar-refractivity contribution in [3.8, 4) is 0 Å². The number of carbonyl (C=O) groups is 1. The van der Waals surface area contributed by atoms with Crippen LogP contribution in [0.25, 0.3) is 0 Å². The molecular formula is C12H22BrNO2. The van der Waals surface area contributed by atoms with Crippen LogP contribution in [-0.2, 0) is 9.53 Å². The third-order valence-electron chi connectivity index (χ3n) is 3.55. The van der Waals surface area contributed by atoms with E-state index in [0.29, 0.717) is 13.2 Å². The van der Waals surface area contributed by atoms with Gasteiger partial charge in [-0.2, -0.15) is 0 Å². The van der Waals surface area contributed by atoms with Crippen LogP contribution >= 0.6 is 15.9 Å². The number of methoxy groups -OCH3 is 1. The Balaban J connectivity index is 2.38.